The van der Waals surface area contributed by atoms with Gasteiger partial charge in [-0.3, -0.25) is 9.69 Å². The fraction of sp³-hybridized carbons (Fsp3) is 0.514. The summed E-state index contributed by atoms with van der Waals surface area (Å²) in [4.78, 5) is 14.7. The fourth-order valence-electron chi connectivity index (χ4n) is 4.29. The molecule has 1 aromatic rings. The molecule has 3 atom stereocenters. The molecule has 0 fully saturated rings. The highest BCUT2D eigenvalue weighted by atomic mass is 32.2. The Bertz CT molecular complexity index is 1100. The number of benzene rings is 1. The van der Waals surface area contributed by atoms with Gasteiger partial charge in [0.15, 0.2) is 0 Å². The van der Waals surface area contributed by atoms with Gasteiger partial charge in [0.05, 0.1) is 5.69 Å². The summed E-state index contributed by atoms with van der Waals surface area (Å²) < 4.78 is 0. The quantitative estimate of drug-likeness (QED) is 0.249. The van der Waals surface area contributed by atoms with Crippen LogP contribution in [-0.2, 0) is 4.79 Å². The molecular formula is C35H53N3OS. The maximum absolute atomic E-state index is 12.9. The predicted molar refractivity (Wildman–Crippen MR) is 179 cm³/mol. The van der Waals surface area contributed by atoms with E-state index in [-0.39, 0.29) is 5.91 Å². The largest absolute Gasteiger partial charge is 0.362 e. The molecule has 3 unspecified atom stereocenters. The molecule has 2 aliphatic rings. The first-order valence-electron chi connectivity index (χ1n) is 15.1. The fourth-order valence-corrected chi connectivity index (χ4v) is 5.32. The summed E-state index contributed by atoms with van der Waals surface area (Å²) in [5.74, 6) is 3.83. The van der Waals surface area contributed by atoms with E-state index in [9.17, 15) is 4.79 Å². The smallest absolute Gasteiger partial charge is 0.234 e. The number of hydrogen-bond donors (Lipinski definition) is 2. The van der Waals surface area contributed by atoms with Crippen LogP contribution in [0.4, 0.5) is 11.4 Å². The maximum Gasteiger partial charge on any atom is 0.234 e. The van der Waals surface area contributed by atoms with Crippen LogP contribution in [0.2, 0.25) is 0 Å². The van der Waals surface area contributed by atoms with E-state index in [0.717, 1.165) is 41.8 Å². The summed E-state index contributed by atoms with van der Waals surface area (Å²) in [6.07, 6.45) is 20.8. The van der Waals surface area contributed by atoms with E-state index in [1.165, 1.54) is 35.5 Å². The molecule has 4 nitrogen and oxygen atoms in total. The Kier molecular flexibility index (Phi) is 15.2. The molecule has 0 radical (unpaired) electrons. The minimum absolute atomic E-state index is 0.0875. The second kappa shape index (κ2) is 18.0. The van der Waals surface area contributed by atoms with Crippen molar-refractivity contribution in [3.8, 4) is 0 Å². The predicted octanol–water partition coefficient (Wildman–Crippen LogP) is 9.31. The first-order valence-corrected chi connectivity index (χ1v) is 16.2. The lowest BCUT2D eigenvalue weighted by molar-refractivity contribution is -0.117. The number of allylic oxidation sites excluding steroid dienone is 7. The van der Waals surface area contributed by atoms with Gasteiger partial charge in [-0.15, -0.1) is 0 Å². The molecule has 220 valence electrons. The van der Waals surface area contributed by atoms with Crippen molar-refractivity contribution in [2.24, 2.45) is 17.6 Å². The summed E-state index contributed by atoms with van der Waals surface area (Å²) in [5, 5.41) is 3.40. The normalized spacial score (nSPS) is 18.8. The Morgan fingerprint density at radius 1 is 1.18 bits per heavy atom. The second-order valence-corrected chi connectivity index (χ2v) is 12.5. The number of carbonyl (C=O) groups excluding carboxylic acids is 1. The van der Waals surface area contributed by atoms with Crippen LogP contribution in [0.5, 0.6) is 0 Å². The van der Waals surface area contributed by atoms with Crippen LogP contribution in [0.15, 0.2) is 77.7 Å². The van der Waals surface area contributed by atoms with Crippen LogP contribution in [-0.4, -0.2) is 23.5 Å². The molecule has 3 rings (SSSR count). The molecule has 0 saturated heterocycles. The minimum atomic E-state index is 0.0875. The average Bonchev–Trinajstić information content (AvgIpc) is 3.13. The lowest BCUT2D eigenvalue weighted by atomic mass is 9.86. The molecule has 0 saturated carbocycles. The van der Waals surface area contributed by atoms with E-state index in [1.54, 1.807) is 4.90 Å². The SMILES string of the molecule is CCC(C)CC=CNc1cc(N2C=CC(C3=CC=C(C)C(C)C3)=CCC2=O)ccc1C.CCCSCCC(C)N. The Morgan fingerprint density at radius 2 is 1.95 bits per heavy atom. The van der Waals surface area contributed by atoms with Crippen LogP contribution in [0.3, 0.4) is 0 Å². The third kappa shape index (κ3) is 11.5. The van der Waals surface area contributed by atoms with Gasteiger partial charge in [0.25, 0.3) is 0 Å². The van der Waals surface area contributed by atoms with Crippen LogP contribution >= 0.6 is 11.8 Å². The molecule has 0 bridgehead atoms. The summed E-state index contributed by atoms with van der Waals surface area (Å²) in [7, 11) is 0. The number of nitrogens with zero attached hydrogens (tertiary/aromatic N) is 1. The maximum atomic E-state index is 12.9. The van der Waals surface area contributed by atoms with E-state index >= 15 is 0 Å². The first-order chi connectivity index (χ1) is 19.2. The van der Waals surface area contributed by atoms with Crippen molar-refractivity contribution in [1.82, 2.24) is 0 Å². The van der Waals surface area contributed by atoms with E-state index in [0.29, 0.717) is 24.3 Å². The molecule has 1 aliphatic carbocycles. The minimum Gasteiger partial charge on any atom is -0.362 e. The summed E-state index contributed by atoms with van der Waals surface area (Å²) in [6, 6.07) is 6.53. The van der Waals surface area contributed by atoms with Gasteiger partial charge in [-0.1, -0.05) is 70.1 Å². The molecule has 0 aromatic heterocycles. The molecule has 1 amide bonds. The second-order valence-electron chi connectivity index (χ2n) is 11.3. The third-order valence-corrected chi connectivity index (χ3v) is 8.77. The zero-order valence-corrected chi connectivity index (χ0v) is 26.8. The van der Waals surface area contributed by atoms with Crippen molar-refractivity contribution in [3.63, 3.8) is 0 Å². The summed E-state index contributed by atoms with van der Waals surface area (Å²) in [5.41, 5.74) is 12.5. The van der Waals surface area contributed by atoms with Crippen LogP contribution in [0.1, 0.15) is 85.6 Å². The number of nitrogens with one attached hydrogen (secondary N) is 1. The molecule has 5 heteroatoms. The standard InChI is InChI=1S/C28H36N2O.C7H17NS/c1-6-20(2)8-7-16-29-27-19-26(13-10-22(27)4)30-17-15-24(12-14-28(30)31)25-11-9-21(3)23(5)18-25;1-3-5-9-6-4-7(2)8/h7,9-13,15-17,19-20,23,29H,6,8,14,18H2,1-5H3;7H,3-6,8H2,1-2H3. The number of carbonyl (C=O) groups is 1. The number of thioether (sulfide) groups is 1. The van der Waals surface area contributed by atoms with Gasteiger partial charge in [0.2, 0.25) is 5.91 Å². The lowest BCUT2D eigenvalue weighted by Crippen LogP contribution is -2.23. The van der Waals surface area contributed by atoms with Crippen molar-refractivity contribution in [1.29, 1.82) is 0 Å². The molecular weight excluding hydrogens is 510 g/mol. The van der Waals surface area contributed by atoms with E-state index in [2.05, 4.69) is 96.3 Å². The summed E-state index contributed by atoms with van der Waals surface area (Å²) >= 11 is 2.00. The number of nitrogens with two attached hydrogens (primary N) is 1. The highest BCUT2D eigenvalue weighted by Crippen LogP contribution is 2.32. The lowest BCUT2D eigenvalue weighted by Gasteiger charge is -2.20. The van der Waals surface area contributed by atoms with Crippen LogP contribution < -0.4 is 16.0 Å². The van der Waals surface area contributed by atoms with E-state index in [4.69, 9.17) is 5.73 Å². The molecule has 1 aliphatic heterocycles. The average molecular weight is 564 g/mol. The zero-order chi connectivity index (χ0) is 29.5. The Labute approximate surface area is 248 Å². The number of hydrogen-bond acceptors (Lipinski definition) is 4. The van der Waals surface area contributed by atoms with E-state index in [1.807, 2.05) is 30.2 Å². The van der Waals surface area contributed by atoms with Gasteiger partial charge < -0.3 is 11.1 Å². The van der Waals surface area contributed by atoms with Crippen molar-refractivity contribution in [2.45, 2.75) is 93.0 Å². The number of rotatable bonds is 12. The zero-order valence-electron chi connectivity index (χ0n) is 26.0. The summed E-state index contributed by atoms with van der Waals surface area (Å²) in [6.45, 7) is 15.3. The highest BCUT2D eigenvalue weighted by molar-refractivity contribution is 7.99. The van der Waals surface area contributed by atoms with Gasteiger partial charge in [-0.25, -0.2) is 0 Å². The number of aryl methyl sites for hydroxylation is 1. The highest BCUT2D eigenvalue weighted by Gasteiger charge is 2.19. The van der Waals surface area contributed by atoms with Crippen LogP contribution in [0.25, 0.3) is 0 Å². The van der Waals surface area contributed by atoms with E-state index < -0.39 is 0 Å². The Balaban J connectivity index is 0.000000536. The molecule has 0 spiro atoms. The molecule has 1 heterocycles. The van der Waals surface area contributed by atoms with Crippen molar-refractivity contribution >= 4 is 29.0 Å². The number of amides is 1. The van der Waals surface area contributed by atoms with Crippen molar-refractivity contribution < 1.29 is 4.79 Å². The van der Waals surface area contributed by atoms with Gasteiger partial charge in [-0.05, 0) is 111 Å². The van der Waals surface area contributed by atoms with Crippen molar-refractivity contribution in [2.75, 3.05) is 21.7 Å². The van der Waals surface area contributed by atoms with Crippen LogP contribution in [0, 0.1) is 18.8 Å². The monoisotopic (exact) mass is 563 g/mol. The first kappa shape index (κ1) is 33.7. The Hall–Kier alpha value is -2.50. The Morgan fingerprint density at radius 3 is 2.62 bits per heavy atom. The number of anilines is 2. The molecule has 3 N–H and O–H groups in total. The van der Waals surface area contributed by atoms with Gasteiger partial charge in [0, 0.05) is 24.4 Å². The van der Waals surface area contributed by atoms with Gasteiger partial charge >= 0.3 is 0 Å². The van der Waals surface area contributed by atoms with Crippen molar-refractivity contribution in [3.05, 3.63) is 83.3 Å². The van der Waals surface area contributed by atoms with Gasteiger partial charge in [-0.2, -0.15) is 11.8 Å². The molecule has 40 heavy (non-hydrogen) atoms. The third-order valence-electron chi connectivity index (χ3n) is 7.55. The topological polar surface area (TPSA) is 58.4 Å². The molecule has 1 aromatic carbocycles. The van der Waals surface area contributed by atoms with Gasteiger partial charge in [0.1, 0.15) is 0 Å².